The summed E-state index contributed by atoms with van der Waals surface area (Å²) in [6.45, 7) is 4.64. The molecule has 2 unspecified atom stereocenters. The van der Waals surface area contributed by atoms with Crippen LogP contribution in [0.2, 0.25) is 0 Å². The van der Waals surface area contributed by atoms with E-state index in [4.69, 9.17) is 0 Å². The lowest BCUT2D eigenvalue weighted by Crippen LogP contribution is -2.23. The van der Waals surface area contributed by atoms with Crippen molar-refractivity contribution in [2.24, 2.45) is 17.3 Å². The van der Waals surface area contributed by atoms with Crippen LogP contribution in [-0.2, 0) is 9.53 Å². The van der Waals surface area contributed by atoms with Gasteiger partial charge in [0.05, 0.1) is 13.5 Å². The summed E-state index contributed by atoms with van der Waals surface area (Å²) in [5, 5.41) is 0. The molecule has 0 aliphatic heterocycles. The second-order valence-corrected chi connectivity index (χ2v) is 5.37. The van der Waals surface area contributed by atoms with Gasteiger partial charge in [0, 0.05) is 0 Å². The number of allylic oxidation sites excluding steroid dienone is 1. The standard InChI is InChI=1S/C13H20O2/c1-13(2)10-5-4-9(8-10)11(13)6-7-12(14)15-3/h6,9-10H,4-5,7-8H2,1-3H3. The molecule has 0 N–H and O–H groups in total. The van der Waals surface area contributed by atoms with Gasteiger partial charge in [-0.2, -0.15) is 0 Å². The monoisotopic (exact) mass is 208 g/mol. The molecular weight excluding hydrogens is 188 g/mol. The molecule has 0 aromatic carbocycles. The summed E-state index contributed by atoms with van der Waals surface area (Å²) in [5.41, 5.74) is 1.82. The molecule has 2 bridgehead atoms. The number of carbonyl (C=O) groups excluding carboxylic acids is 1. The number of methoxy groups -OCH3 is 1. The van der Waals surface area contributed by atoms with Crippen LogP contribution < -0.4 is 0 Å². The number of ether oxygens (including phenoxy) is 1. The minimum Gasteiger partial charge on any atom is -0.469 e. The molecule has 0 aromatic heterocycles. The third kappa shape index (κ3) is 1.70. The summed E-state index contributed by atoms with van der Waals surface area (Å²) in [7, 11) is 1.45. The van der Waals surface area contributed by atoms with Crippen molar-refractivity contribution in [3.63, 3.8) is 0 Å². The van der Waals surface area contributed by atoms with Gasteiger partial charge in [-0.25, -0.2) is 0 Å². The molecule has 2 atom stereocenters. The van der Waals surface area contributed by atoms with Crippen molar-refractivity contribution in [2.75, 3.05) is 7.11 Å². The van der Waals surface area contributed by atoms with Crippen LogP contribution in [0.25, 0.3) is 0 Å². The van der Waals surface area contributed by atoms with E-state index in [-0.39, 0.29) is 5.97 Å². The van der Waals surface area contributed by atoms with Crippen molar-refractivity contribution >= 4 is 5.97 Å². The van der Waals surface area contributed by atoms with Gasteiger partial charge in [0.25, 0.3) is 0 Å². The topological polar surface area (TPSA) is 26.3 Å². The fourth-order valence-electron chi connectivity index (χ4n) is 3.39. The zero-order valence-corrected chi connectivity index (χ0v) is 9.88. The third-order valence-electron chi connectivity index (χ3n) is 4.35. The number of hydrogen-bond acceptors (Lipinski definition) is 2. The highest BCUT2D eigenvalue weighted by molar-refractivity contribution is 5.71. The molecule has 2 aliphatic rings. The Bertz CT molecular complexity index is 302. The molecule has 2 saturated carbocycles. The van der Waals surface area contributed by atoms with Gasteiger partial charge in [0.1, 0.15) is 0 Å². The maximum atomic E-state index is 11.1. The first kappa shape index (κ1) is 10.7. The van der Waals surface area contributed by atoms with Gasteiger partial charge in [-0.05, 0) is 36.5 Å². The summed E-state index contributed by atoms with van der Waals surface area (Å²) in [6, 6.07) is 0. The third-order valence-corrected chi connectivity index (χ3v) is 4.35. The molecule has 2 heteroatoms. The molecule has 0 saturated heterocycles. The van der Waals surface area contributed by atoms with E-state index in [1.807, 2.05) is 0 Å². The van der Waals surface area contributed by atoms with Crippen LogP contribution in [0.3, 0.4) is 0 Å². The first-order chi connectivity index (χ1) is 7.05. The molecule has 0 aromatic rings. The van der Waals surface area contributed by atoms with Crippen LogP contribution in [0.1, 0.15) is 39.5 Å². The lowest BCUT2D eigenvalue weighted by molar-refractivity contribution is -0.139. The van der Waals surface area contributed by atoms with Gasteiger partial charge in [-0.15, -0.1) is 0 Å². The summed E-state index contributed by atoms with van der Waals surface area (Å²) < 4.78 is 4.67. The molecule has 2 aliphatic carbocycles. The molecule has 15 heavy (non-hydrogen) atoms. The zero-order chi connectivity index (χ0) is 11.1. The van der Waals surface area contributed by atoms with Gasteiger partial charge in [-0.1, -0.05) is 25.5 Å². The molecule has 84 valence electrons. The molecule has 2 nitrogen and oxygen atoms in total. The molecule has 0 radical (unpaired) electrons. The highest BCUT2D eigenvalue weighted by atomic mass is 16.5. The zero-order valence-electron chi connectivity index (χ0n) is 9.88. The van der Waals surface area contributed by atoms with Crippen molar-refractivity contribution in [1.29, 1.82) is 0 Å². The normalized spacial score (nSPS) is 34.7. The quantitative estimate of drug-likeness (QED) is 0.515. The Hall–Kier alpha value is -0.790. The number of carbonyl (C=O) groups is 1. The number of esters is 1. The van der Waals surface area contributed by atoms with E-state index in [9.17, 15) is 4.79 Å². The fourth-order valence-corrected chi connectivity index (χ4v) is 3.39. The number of rotatable bonds is 2. The average Bonchev–Trinajstić information content (AvgIpc) is 2.74. The first-order valence-electron chi connectivity index (χ1n) is 5.83. The van der Waals surface area contributed by atoms with Crippen molar-refractivity contribution in [2.45, 2.75) is 39.5 Å². The second-order valence-electron chi connectivity index (χ2n) is 5.37. The maximum absolute atomic E-state index is 11.1. The predicted molar refractivity (Wildman–Crippen MR) is 59.3 cm³/mol. The summed E-state index contributed by atoms with van der Waals surface area (Å²) >= 11 is 0. The van der Waals surface area contributed by atoms with E-state index >= 15 is 0 Å². The molecular formula is C13H20O2. The van der Waals surface area contributed by atoms with Crippen LogP contribution >= 0.6 is 0 Å². The summed E-state index contributed by atoms with van der Waals surface area (Å²) in [4.78, 5) is 11.1. The predicted octanol–water partition coefficient (Wildman–Crippen LogP) is 2.93. The van der Waals surface area contributed by atoms with Crippen molar-refractivity contribution in [3.8, 4) is 0 Å². The number of hydrogen-bond donors (Lipinski definition) is 0. The Morgan fingerprint density at radius 3 is 2.80 bits per heavy atom. The van der Waals surface area contributed by atoms with E-state index in [2.05, 4.69) is 24.7 Å². The highest BCUT2D eigenvalue weighted by Gasteiger charge is 2.48. The Morgan fingerprint density at radius 2 is 2.27 bits per heavy atom. The van der Waals surface area contributed by atoms with Gasteiger partial charge in [0.2, 0.25) is 0 Å². The lowest BCUT2D eigenvalue weighted by Gasteiger charge is -2.32. The smallest absolute Gasteiger partial charge is 0.309 e. The molecule has 2 fully saturated rings. The Morgan fingerprint density at radius 1 is 1.53 bits per heavy atom. The van der Waals surface area contributed by atoms with Gasteiger partial charge in [0.15, 0.2) is 0 Å². The van der Waals surface area contributed by atoms with E-state index < -0.39 is 0 Å². The lowest BCUT2D eigenvalue weighted by atomic mass is 9.72. The maximum Gasteiger partial charge on any atom is 0.309 e. The van der Waals surface area contributed by atoms with E-state index in [0.717, 1.165) is 11.8 Å². The molecule has 0 spiro atoms. The Balaban J connectivity index is 2.12. The van der Waals surface area contributed by atoms with Gasteiger partial charge >= 0.3 is 5.97 Å². The van der Waals surface area contributed by atoms with Crippen LogP contribution in [0.15, 0.2) is 11.6 Å². The van der Waals surface area contributed by atoms with Crippen molar-refractivity contribution in [1.82, 2.24) is 0 Å². The molecule has 0 heterocycles. The van der Waals surface area contributed by atoms with E-state index in [1.54, 1.807) is 0 Å². The summed E-state index contributed by atoms with van der Waals surface area (Å²) in [5.74, 6) is 1.46. The fraction of sp³-hybridized carbons (Fsp3) is 0.769. The first-order valence-corrected chi connectivity index (χ1v) is 5.83. The van der Waals surface area contributed by atoms with Gasteiger partial charge < -0.3 is 4.74 Å². The number of fused-ring (bicyclic) bond motifs is 2. The minimum absolute atomic E-state index is 0.124. The van der Waals surface area contributed by atoms with Crippen LogP contribution in [-0.4, -0.2) is 13.1 Å². The highest BCUT2D eigenvalue weighted by Crippen LogP contribution is 2.58. The van der Waals surface area contributed by atoms with E-state index in [1.165, 1.54) is 31.9 Å². The minimum atomic E-state index is -0.124. The average molecular weight is 208 g/mol. The Labute approximate surface area is 91.7 Å². The van der Waals surface area contributed by atoms with Crippen LogP contribution in [0.4, 0.5) is 0 Å². The van der Waals surface area contributed by atoms with Crippen LogP contribution in [0.5, 0.6) is 0 Å². The molecule has 2 rings (SSSR count). The van der Waals surface area contributed by atoms with Crippen molar-refractivity contribution in [3.05, 3.63) is 11.6 Å². The van der Waals surface area contributed by atoms with Crippen molar-refractivity contribution < 1.29 is 9.53 Å². The summed E-state index contributed by atoms with van der Waals surface area (Å²) in [6.07, 6.45) is 6.59. The molecule has 0 amide bonds. The van der Waals surface area contributed by atoms with Crippen LogP contribution in [0, 0.1) is 17.3 Å². The SMILES string of the molecule is COC(=O)CC=C1C2CCC(C2)C1(C)C. The second kappa shape index (κ2) is 3.66. The van der Waals surface area contributed by atoms with E-state index in [0.29, 0.717) is 11.8 Å². The van der Waals surface area contributed by atoms with Gasteiger partial charge in [-0.3, -0.25) is 4.79 Å². The largest absolute Gasteiger partial charge is 0.469 e. The Kier molecular flexibility index (Phi) is 2.61.